The first-order chi connectivity index (χ1) is 18.2. The number of fused-ring (bicyclic) bond motifs is 1. The van der Waals surface area contributed by atoms with Gasteiger partial charge in [0, 0.05) is 31.5 Å². The number of carbonyl (C=O) groups is 1. The Morgan fingerprint density at radius 3 is 2.34 bits per heavy atom. The summed E-state index contributed by atoms with van der Waals surface area (Å²) < 4.78 is 40.3. The molecule has 1 aliphatic heterocycles. The lowest BCUT2D eigenvalue weighted by Crippen LogP contribution is -2.32. The van der Waals surface area contributed by atoms with E-state index in [1.807, 2.05) is 31.2 Å². The van der Waals surface area contributed by atoms with Crippen molar-refractivity contribution in [3.63, 3.8) is 0 Å². The third-order valence-corrected chi connectivity index (χ3v) is 7.39. The summed E-state index contributed by atoms with van der Waals surface area (Å²) in [5, 5.41) is 3.53. The summed E-state index contributed by atoms with van der Waals surface area (Å²) >= 11 is 6.14. The number of rotatable bonds is 6. The van der Waals surface area contributed by atoms with E-state index in [0.717, 1.165) is 48.4 Å². The molecule has 1 N–H and O–H groups in total. The van der Waals surface area contributed by atoms with Crippen molar-refractivity contribution in [1.29, 1.82) is 0 Å². The second kappa shape index (κ2) is 10.7. The quantitative estimate of drug-likeness (QED) is 0.290. The van der Waals surface area contributed by atoms with E-state index in [1.165, 1.54) is 12.1 Å². The zero-order valence-electron chi connectivity index (χ0n) is 20.9. The Kier molecular flexibility index (Phi) is 7.34. The van der Waals surface area contributed by atoms with Crippen LogP contribution in [0.4, 0.5) is 18.9 Å². The number of pyridine rings is 1. The van der Waals surface area contributed by atoms with E-state index < -0.39 is 11.7 Å². The Morgan fingerprint density at radius 1 is 1.03 bits per heavy atom. The van der Waals surface area contributed by atoms with Gasteiger partial charge in [0.25, 0.3) is 5.91 Å². The van der Waals surface area contributed by atoms with Crippen molar-refractivity contribution >= 4 is 28.8 Å². The monoisotopic (exact) mass is 540 g/mol. The van der Waals surface area contributed by atoms with Crippen molar-refractivity contribution in [3.05, 3.63) is 100.0 Å². The molecule has 0 spiro atoms. The van der Waals surface area contributed by atoms with Crippen molar-refractivity contribution in [2.24, 2.45) is 0 Å². The number of aromatic nitrogens is 2. The van der Waals surface area contributed by atoms with E-state index in [4.69, 9.17) is 11.6 Å². The summed E-state index contributed by atoms with van der Waals surface area (Å²) in [6.45, 7) is 4.01. The Morgan fingerprint density at radius 2 is 1.71 bits per heavy atom. The molecular formula is C29H28ClF3N4O. The molecule has 0 bridgehead atoms. The number of halogens is 4. The van der Waals surface area contributed by atoms with Crippen LogP contribution in [0.1, 0.15) is 58.6 Å². The minimum Gasteiger partial charge on any atom is -0.371 e. The van der Waals surface area contributed by atoms with Crippen LogP contribution in [0.3, 0.4) is 0 Å². The standard InChI is InChI=1S/C29H28ClF3N4O/c1-2-25-27(37-18-23(30)9-12-26(37)35-25)28(38)34-17-19-3-10-24(11-4-19)36-15-13-21(14-16-36)20-5-7-22(8-6-20)29(31,32)33/h3-12,18,21H,2,13-17H2,1H3,(H,34,38). The van der Waals surface area contributed by atoms with Crippen molar-refractivity contribution in [1.82, 2.24) is 14.7 Å². The molecule has 2 aromatic heterocycles. The Hall–Kier alpha value is -3.52. The maximum Gasteiger partial charge on any atom is 0.416 e. The van der Waals surface area contributed by atoms with Gasteiger partial charge in [0.1, 0.15) is 11.3 Å². The number of anilines is 1. The van der Waals surface area contributed by atoms with Crippen molar-refractivity contribution in [2.45, 2.75) is 44.8 Å². The number of hydrogen-bond donors (Lipinski definition) is 1. The number of nitrogens with one attached hydrogen (secondary N) is 1. The van der Waals surface area contributed by atoms with Crippen LogP contribution >= 0.6 is 11.6 Å². The highest BCUT2D eigenvalue weighted by molar-refractivity contribution is 6.30. The average molecular weight is 541 g/mol. The molecule has 4 aromatic rings. The van der Waals surface area contributed by atoms with Crippen LogP contribution in [-0.4, -0.2) is 28.4 Å². The predicted molar refractivity (Wildman–Crippen MR) is 143 cm³/mol. The van der Waals surface area contributed by atoms with E-state index in [9.17, 15) is 18.0 Å². The number of imidazole rings is 1. The molecule has 198 valence electrons. The number of nitrogens with zero attached hydrogens (tertiary/aromatic N) is 3. The van der Waals surface area contributed by atoms with Gasteiger partial charge in [-0.05, 0) is 72.7 Å². The van der Waals surface area contributed by atoms with Crippen molar-refractivity contribution in [3.8, 4) is 0 Å². The zero-order chi connectivity index (χ0) is 26.9. The van der Waals surface area contributed by atoms with E-state index in [2.05, 4.69) is 15.2 Å². The van der Waals surface area contributed by atoms with Crippen LogP contribution in [-0.2, 0) is 19.1 Å². The first-order valence-electron chi connectivity index (χ1n) is 12.7. The maximum absolute atomic E-state index is 13.0. The smallest absolute Gasteiger partial charge is 0.371 e. The second-order valence-electron chi connectivity index (χ2n) is 9.57. The van der Waals surface area contributed by atoms with Crippen LogP contribution in [0, 0.1) is 0 Å². The Labute approximate surface area is 224 Å². The summed E-state index contributed by atoms with van der Waals surface area (Å²) in [6, 6.07) is 17.2. The molecule has 1 fully saturated rings. The van der Waals surface area contributed by atoms with Gasteiger partial charge in [-0.3, -0.25) is 9.20 Å². The van der Waals surface area contributed by atoms with Crippen molar-refractivity contribution in [2.75, 3.05) is 18.0 Å². The fraction of sp³-hybridized carbons (Fsp3) is 0.310. The predicted octanol–water partition coefficient (Wildman–Crippen LogP) is 6.88. The van der Waals surface area contributed by atoms with Gasteiger partial charge in [-0.1, -0.05) is 42.8 Å². The lowest BCUT2D eigenvalue weighted by Gasteiger charge is -2.34. The first-order valence-corrected chi connectivity index (χ1v) is 13.1. The third kappa shape index (κ3) is 5.50. The Balaban J connectivity index is 1.17. The molecule has 5 rings (SSSR count). The van der Waals surface area contributed by atoms with Gasteiger partial charge in [0.2, 0.25) is 0 Å². The molecule has 9 heteroatoms. The van der Waals surface area contributed by atoms with Gasteiger partial charge >= 0.3 is 6.18 Å². The molecule has 0 unspecified atom stereocenters. The summed E-state index contributed by atoms with van der Waals surface area (Å²) in [4.78, 5) is 19.9. The van der Waals surface area contributed by atoms with Crippen LogP contribution < -0.4 is 10.2 Å². The molecule has 1 amide bonds. The molecule has 38 heavy (non-hydrogen) atoms. The van der Waals surface area contributed by atoms with Crippen molar-refractivity contribution < 1.29 is 18.0 Å². The number of alkyl halides is 3. The minimum atomic E-state index is -4.31. The first kappa shape index (κ1) is 26.1. The molecule has 2 aromatic carbocycles. The normalized spacial score (nSPS) is 14.7. The number of piperidine rings is 1. The minimum absolute atomic E-state index is 0.203. The van der Waals surface area contributed by atoms with Gasteiger partial charge in [0.15, 0.2) is 0 Å². The fourth-order valence-corrected chi connectivity index (χ4v) is 5.22. The Bertz CT molecular complexity index is 1420. The molecule has 0 saturated carbocycles. The number of amides is 1. The summed E-state index contributed by atoms with van der Waals surface area (Å²) in [6.07, 6.45) is -0.212. The fourth-order valence-electron chi connectivity index (χ4n) is 5.06. The van der Waals surface area contributed by atoms with E-state index in [-0.39, 0.29) is 11.8 Å². The lowest BCUT2D eigenvalue weighted by molar-refractivity contribution is -0.137. The second-order valence-corrected chi connectivity index (χ2v) is 10.0. The molecule has 1 saturated heterocycles. The third-order valence-electron chi connectivity index (χ3n) is 7.16. The van der Waals surface area contributed by atoms with Crippen LogP contribution in [0.25, 0.3) is 5.65 Å². The van der Waals surface area contributed by atoms with Gasteiger partial charge in [-0.25, -0.2) is 4.98 Å². The molecule has 3 heterocycles. The van der Waals surface area contributed by atoms with Crippen LogP contribution in [0.2, 0.25) is 5.02 Å². The summed E-state index contributed by atoms with van der Waals surface area (Å²) in [7, 11) is 0. The van der Waals surface area contributed by atoms with Crippen LogP contribution in [0.5, 0.6) is 0 Å². The number of benzene rings is 2. The SMILES string of the molecule is CCc1nc2ccc(Cl)cn2c1C(=O)NCc1ccc(N2CCC(c3ccc(C(F)(F)F)cc3)CC2)cc1. The van der Waals surface area contributed by atoms with Gasteiger partial charge < -0.3 is 10.2 Å². The van der Waals surface area contributed by atoms with E-state index in [1.54, 1.807) is 34.9 Å². The largest absolute Gasteiger partial charge is 0.416 e. The average Bonchev–Trinajstić information content (AvgIpc) is 3.29. The van der Waals surface area contributed by atoms with Crippen LogP contribution in [0.15, 0.2) is 66.9 Å². The highest BCUT2D eigenvalue weighted by atomic mass is 35.5. The maximum atomic E-state index is 13.0. The summed E-state index contributed by atoms with van der Waals surface area (Å²) in [5.41, 5.74) is 4.33. The molecule has 0 radical (unpaired) electrons. The molecular weight excluding hydrogens is 513 g/mol. The highest BCUT2D eigenvalue weighted by Crippen LogP contribution is 2.34. The van der Waals surface area contributed by atoms with Gasteiger partial charge in [-0.15, -0.1) is 0 Å². The highest BCUT2D eigenvalue weighted by Gasteiger charge is 2.30. The molecule has 0 atom stereocenters. The number of aryl methyl sites for hydroxylation is 1. The number of carbonyl (C=O) groups excluding carboxylic acids is 1. The number of hydrogen-bond acceptors (Lipinski definition) is 3. The molecule has 1 aliphatic rings. The molecule has 5 nitrogen and oxygen atoms in total. The lowest BCUT2D eigenvalue weighted by atomic mass is 9.88. The van der Waals surface area contributed by atoms with E-state index >= 15 is 0 Å². The zero-order valence-corrected chi connectivity index (χ0v) is 21.7. The summed E-state index contributed by atoms with van der Waals surface area (Å²) in [5.74, 6) is 0.0524. The topological polar surface area (TPSA) is 49.6 Å². The van der Waals surface area contributed by atoms with E-state index in [0.29, 0.717) is 29.3 Å². The molecule has 0 aliphatic carbocycles. The van der Waals surface area contributed by atoms with Gasteiger partial charge in [0.05, 0.1) is 16.3 Å². The van der Waals surface area contributed by atoms with Gasteiger partial charge in [-0.2, -0.15) is 13.2 Å².